The van der Waals surface area contributed by atoms with Crippen molar-refractivity contribution in [2.75, 3.05) is 26.0 Å². The smallest absolute Gasteiger partial charge is 0.339 e. The number of aryl methyl sites for hydroxylation is 2. The first kappa shape index (κ1) is 23.1. The maximum atomic E-state index is 12.8. The zero-order valence-electron chi connectivity index (χ0n) is 18.3. The van der Waals surface area contributed by atoms with Gasteiger partial charge in [0.25, 0.3) is 0 Å². The maximum Gasteiger partial charge on any atom is 0.339 e. The van der Waals surface area contributed by atoms with Gasteiger partial charge in [0.15, 0.2) is 0 Å². The summed E-state index contributed by atoms with van der Waals surface area (Å²) in [7, 11) is 1.57. The molecule has 0 fully saturated rings. The number of benzene rings is 2. The molecule has 8 heteroatoms. The number of hydrogen-bond donors (Lipinski definition) is 1. The summed E-state index contributed by atoms with van der Waals surface area (Å²) in [5.74, 6) is -0.487. The Labute approximate surface area is 195 Å². The molecule has 0 radical (unpaired) electrons. The molecule has 2 aromatic carbocycles. The van der Waals surface area contributed by atoms with Crippen LogP contribution in [0.1, 0.15) is 33.5 Å². The number of thioether (sulfide) groups is 1. The maximum absolute atomic E-state index is 12.8. The largest absolute Gasteiger partial charge is 0.457 e. The van der Waals surface area contributed by atoms with Crippen molar-refractivity contribution in [3.8, 4) is 0 Å². The van der Waals surface area contributed by atoms with Crippen molar-refractivity contribution >= 4 is 34.6 Å². The summed E-state index contributed by atoms with van der Waals surface area (Å²) in [6.45, 7) is 0.826. The molecule has 4 rings (SSSR count). The van der Waals surface area contributed by atoms with Gasteiger partial charge in [-0.05, 0) is 54.7 Å². The van der Waals surface area contributed by atoms with Gasteiger partial charge >= 0.3 is 11.6 Å². The average Bonchev–Trinajstić information content (AvgIpc) is 3.27. The number of methoxy groups -OCH3 is 1. The number of nitrogens with one attached hydrogen (secondary N) is 1. The van der Waals surface area contributed by atoms with Crippen molar-refractivity contribution < 1.29 is 23.5 Å². The number of carbonyl (C=O) groups excluding carboxylic acids is 2. The van der Waals surface area contributed by atoms with Crippen LogP contribution in [0.2, 0.25) is 0 Å². The summed E-state index contributed by atoms with van der Waals surface area (Å²) < 4.78 is 15.9. The normalized spacial score (nSPS) is 12.5. The monoisotopic (exact) mass is 467 g/mol. The van der Waals surface area contributed by atoms with Crippen LogP contribution in [0.15, 0.2) is 56.6 Å². The lowest BCUT2D eigenvalue weighted by atomic mass is 10.0. The van der Waals surface area contributed by atoms with Gasteiger partial charge in [0, 0.05) is 35.6 Å². The summed E-state index contributed by atoms with van der Waals surface area (Å²) in [4.78, 5) is 37.5. The summed E-state index contributed by atoms with van der Waals surface area (Å²) in [5, 5.41) is 3.54. The van der Waals surface area contributed by atoms with Crippen LogP contribution in [0.4, 0.5) is 0 Å². The van der Waals surface area contributed by atoms with E-state index in [2.05, 4.69) is 5.32 Å². The molecule has 0 bridgehead atoms. The number of hydrogen-bond acceptors (Lipinski definition) is 7. The van der Waals surface area contributed by atoms with Crippen LogP contribution in [0.25, 0.3) is 11.0 Å². The highest BCUT2D eigenvalue weighted by molar-refractivity contribution is 8.00. The molecule has 0 unspecified atom stereocenters. The van der Waals surface area contributed by atoms with E-state index in [1.165, 1.54) is 29.0 Å². The van der Waals surface area contributed by atoms with Gasteiger partial charge in [0.1, 0.15) is 12.2 Å². The van der Waals surface area contributed by atoms with E-state index in [-0.39, 0.29) is 18.3 Å². The molecule has 172 valence electrons. The number of fused-ring (bicyclic) bond motifs is 2. The molecule has 0 atom stereocenters. The number of ether oxygens (including phenoxy) is 2. The van der Waals surface area contributed by atoms with Crippen molar-refractivity contribution in [3.05, 3.63) is 75.1 Å². The summed E-state index contributed by atoms with van der Waals surface area (Å²) in [5.41, 5.74) is 3.49. The lowest BCUT2D eigenvalue weighted by Crippen LogP contribution is -2.28. The molecule has 1 aliphatic rings. The first-order chi connectivity index (χ1) is 16.0. The van der Waals surface area contributed by atoms with Crippen molar-refractivity contribution in [2.45, 2.75) is 30.8 Å². The Morgan fingerprint density at radius 3 is 2.73 bits per heavy atom. The fourth-order valence-corrected chi connectivity index (χ4v) is 4.75. The molecule has 1 aliphatic carbocycles. The molecular formula is C25H25NO6S. The third-order valence-corrected chi connectivity index (χ3v) is 6.57. The topological polar surface area (TPSA) is 94.8 Å². The lowest BCUT2D eigenvalue weighted by molar-refractivity contribution is -0.118. The van der Waals surface area contributed by atoms with Crippen molar-refractivity contribution in [2.24, 2.45) is 0 Å². The highest BCUT2D eigenvalue weighted by Gasteiger charge is 2.18. The second-order valence-corrected chi connectivity index (χ2v) is 8.78. The van der Waals surface area contributed by atoms with Crippen molar-refractivity contribution in [3.63, 3.8) is 0 Å². The van der Waals surface area contributed by atoms with Crippen LogP contribution in [-0.4, -0.2) is 37.9 Å². The molecular weight excluding hydrogens is 442 g/mol. The summed E-state index contributed by atoms with van der Waals surface area (Å²) in [6, 6.07) is 12.3. The fraction of sp³-hybridized carbons (Fsp3) is 0.320. The molecule has 7 nitrogen and oxygen atoms in total. The molecule has 1 N–H and O–H groups in total. The second-order valence-electron chi connectivity index (χ2n) is 7.77. The molecule has 3 aromatic rings. The van der Waals surface area contributed by atoms with E-state index in [0.717, 1.165) is 24.6 Å². The minimum absolute atomic E-state index is 0.0454. The van der Waals surface area contributed by atoms with E-state index in [1.54, 1.807) is 31.4 Å². The van der Waals surface area contributed by atoms with Gasteiger partial charge in [0.05, 0.1) is 17.9 Å². The Morgan fingerprint density at radius 1 is 1.12 bits per heavy atom. The van der Waals surface area contributed by atoms with E-state index in [1.807, 2.05) is 12.1 Å². The third kappa shape index (κ3) is 5.64. The third-order valence-electron chi connectivity index (χ3n) is 5.50. The molecule has 1 heterocycles. The zero-order valence-corrected chi connectivity index (χ0v) is 19.2. The van der Waals surface area contributed by atoms with Crippen LogP contribution >= 0.6 is 11.8 Å². The number of amides is 1. The van der Waals surface area contributed by atoms with Crippen LogP contribution in [0, 0.1) is 0 Å². The predicted molar refractivity (Wildman–Crippen MR) is 126 cm³/mol. The van der Waals surface area contributed by atoms with E-state index in [9.17, 15) is 14.4 Å². The van der Waals surface area contributed by atoms with E-state index in [4.69, 9.17) is 13.9 Å². The molecule has 33 heavy (non-hydrogen) atoms. The highest BCUT2D eigenvalue weighted by atomic mass is 32.2. The predicted octanol–water partition coefficient (Wildman–Crippen LogP) is 3.49. The van der Waals surface area contributed by atoms with Crippen LogP contribution < -0.4 is 10.9 Å². The molecule has 1 aromatic heterocycles. The van der Waals surface area contributed by atoms with E-state index >= 15 is 0 Å². The Kier molecular flexibility index (Phi) is 7.47. The standard InChI is InChI=1S/C25H25NO6S/c1-30-10-9-26-23(27)15-33-22-8-3-2-7-19(22)25(29)31-14-18-13-24(28)32-21-12-17-6-4-5-16(17)11-20(18)21/h2-3,7-8,11-13H,4-6,9-10,14-15H2,1H3,(H,26,27). The average molecular weight is 468 g/mol. The van der Waals surface area contributed by atoms with E-state index in [0.29, 0.717) is 34.8 Å². The molecule has 0 spiro atoms. The highest BCUT2D eigenvalue weighted by Crippen LogP contribution is 2.29. The number of esters is 1. The lowest BCUT2D eigenvalue weighted by Gasteiger charge is -2.11. The fourth-order valence-electron chi connectivity index (χ4n) is 3.88. The summed E-state index contributed by atoms with van der Waals surface area (Å²) in [6.07, 6.45) is 3.05. The van der Waals surface area contributed by atoms with Crippen LogP contribution in [0.3, 0.4) is 0 Å². The number of rotatable bonds is 9. The first-order valence-electron chi connectivity index (χ1n) is 10.8. The minimum Gasteiger partial charge on any atom is -0.457 e. The van der Waals surface area contributed by atoms with Gasteiger partial charge < -0.3 is 19.2 Å². The van der Waals surface area contributed by atoms with Gasteiger partial charge in [0.2, 0.25) is 5.91 Å². The van der Waals surface area contributed by atoms with Crippen LogP contribution in [-0.2, 0) is 33.7 Å². The van der Waals surface area contributed by atoms with E-state index < -0.39 is 11.6 Å². The van der Waals surface area contributed by atoms with Gasteiger partial charge in [-0.2, -0.15) is 0 Å². The molecule has 0 aliphatic heterocycles. The second kappa shape index (κ2) is 10.7. The van der Waals surface area contributed by atoms with Gasteiger partial charge in [-0.3, -0.25) is 4.79 Å². The van der Waals surface area contributed by atoms with Crippen LogP contribution in [0.5, 0.6) is 0 Å². The Balaban J connectivity index is 1.46. The number of carbonyl (C=O) groups is 2. The molecule has 0 saturated heterocycles. The molecule has 0 saturated carbocycles. The molecule has 1 amide bonds. The minimum atomic E-state index is -0.513. The Bertz CT molecular complexity index is 1240. The van der Waals surface area contributed by atoms with Crippen molar-refractivity contribution in [1.29, 1.82) is 0 Å². The Morgan fingerprint density at radius 2 is 1.91 bits per heavy atom. The Hall–Kier alpha value is -3.10. The SMILES string of the molecule is COCCNC(=O)CSc1ccccc1C(=O)OCc1cc(=O)oc2cc3c(cc12)CCC3. The van der Waals surface area contributed by atoms with Crippen molar-refractivity contribution in [1.82, 2.24) is 5.32 Å². The van der Waals surface area contributed by atoms with Gasteiger partial charge in [-0.15, -0.1) is 11.8 Å². The van der Waals surface area contributed by atoms with Gasteiger partial charge in [-0.25, -0.2) is 9.59 Å². The summed E-state index contributed by atoms with van der Waals surface area (Å²) >= 11 is 1.26. The zero-order chi connectivity index (χ0) is 23.2. The quantitative estimate of drug-likeness (QED) is 0.223. The first-order valence-corrected chi connectivity index (χ1v) is 11.8. The van der Waals surface area contributed by atoms with Gasteiger partial charge in [-0.1, -0.05) is 12.1 Å².